The van der Waals surface area contributed by atoms with E-state index in [0.29, 0.717) is 0 Å². The molecule has 0 saturated heterocycles. The Hall–Kier alpha value is -1.46. The molecule has 0 aliphatic heterocycles. The van der Waals surface area contributed by atoms with Gasteiger partial charge in [0.05, 0.1) is 4.92 Å². The molecule has 17 heavy (non-hydrogen) atoms. The molecular weight excluding hydrogens is 360 g/mol. The molecule has 0 bridgehead atoms. The smallest absolute Gasteiger partial charge is 0.398 e. The van der Waals surface area contributed by atoms with E-state index < -0.39 is 28.4 Å². The van der Waals surface area contributed by atoms with E-state index in [-0.39, 0.29) is 9.99 Å². The zero-order valence-corrected chi connectivity index (χ0v) is 9.85. The van der Waals surface area contributed by atoms with Gasteiger partial charge in [-0.05, 0) is 22.6 Å². The fourth-order valence-electron chi connectivity index (χ4n) is 0.971. The first-order valence-corrected chi connectivity index (χ1v) is 4.88. The largest absolute Gasteiger partial charge is 0.573 e. The van der Waals surface area contributed by atoms with Gasteiger partial charge in [-0.3, -0.25) is 14.9 Å². The maximum atomic E-state index is 12.0. The lowest BCUT2D eigenvalue weighted by Crippen LogP contribution is -2.18. The first-order chi connectivity index (χ1) is 7.74. The Morgan fingerprint density at radius 3 is 2.53 bits per heavy atom. The van der Waals surface area contributed by atoms with Crippen LogP contribution in [0.25, 0.3) is 0 Å². The number of aldehydes is 1. The molecule has 6 nitrogen and oxygen atoms in total. The molecule has 0 aliphatic rings. The minimum Gasteiger partial charge on any atom is -0.398 e. The fraction of sp³-hybridized carbons (Fsp3) is 0.143. The van der Waals surface area contributed by atoms with Crippen LogP contribution >= 0.6 is 22.6 Å². The zero-order valence-electron chi connectivity index (χ0n) is 7.69. The predicted octanol–water partition coefficient (Wildman–Crippen LogP) is 2.31. The summed E-state index contributed by atoms with van der Waals surface area (Å²) in [5, 5.41) is 10.6. The lowest BCUT2D eigenvalue weighted by molar-refractivity contribution is -0.389. The molecular formula is C7H2F3IN2O4. The van der Waals surface area contributed by atoms with Gasteiger partial charge in [-0.1, -0.05) is 0 Å². The normalized spacial score (nSPS) is 11.1. The van der Waals surface area contributed by atoms with Gasteiger partial charge >= 0.3 is 12.0 Å². The molecule has 0 atom stereocenters. The van der Waals surface area contributed by atoms with Crippen LogP contribution in [0.3, 0.4) is 0 Å². The van der Waals surface area contributed by atoms with Crippen LogP contribution in [0.4, 0.5) is 18.9 Å². The van der Waals surface area contributed by atoms with Crippen LogP contribution < -0.4 is 4.74 Å². The lowest BCUT2D eigenvalue weighted by atomic mass is 10.3. The van der Waals surface area contributed by atoms with Crippen LogP contribution in [-0.4, -0.2) is 22.6 Å². The van der Waals surface area contributed by atoms with Crippen molar-refractivity contribution in [2.75, 3.05) is 0 Å². The molecule has 1 rings (SSSR count). The molecule has 0 saturated carbocycles. The molecule has 0 radical (unpaired) electrons. The summed E-state index contributed by atoms with van der Waals surface area (Å²) in [6.07, 6.45) is -5.10. The SMILES string of the molecule is O=Cc1nc(I)cc(OC(F)(F)F)c1[N+](=O)[O-]. The molecule has 92 valence electrons. The number of carbonyl (C=O) groups is 1. The second-order valence-corrected chi connectivity index (χ2v) is 3.70. The van der Waals surface area contributed by atoms with E-state index >= 15 is 0 Å². The summed E-state index contributed by atoms with van der Waals surface area (Å²) in [6, 6.07) is 0.721. The highest BCUT2D eigenvalue weighted by molar-refractivity contribution is 14.1. The van der Waals surface area contributed by atoms with Crippen molar-refractivity contribution in [3.63, 3.8) is 0 Å². The van der Waals surface area contributed by atoms with E-state index in [1.165, 1.54) is 22.6 Å². The van der Waals surface area contributed by atoms with Crippen LogP contribution in [0.1, 0.15) is 10.5 Å². The molecule has 1 aromatic rings. The van der Waals surface area contributed by atoms with Gasteiger partial charge in [-0.25, -0.2) is 4.98 Å². The molecule has 0 aromatic carbocycles. The number of hydrogen-bond acceptors (Lipinski definition) is 5. The van der Waals surface area contributed by atoms with Crippen LogP contribution in [0, 0.1) is 13.8 Å². The number of aromatic nitrogens is 1. The summed E-state index contributed by atoms with van der Waals surface area (Å²) in [6.45, 7) is 0. The van der Waals surface area contributed by atoms with Gasteiger partial charge in [-0.2, -0.15) is 0 Å². The summed E-state index contributed by atoms with van der Waals surface area (Å²) >= 11 is 1.51. The van der Waals surface area contributed by atoms with E-state index in [2.05, 4.69) is 9.72 Å². The molecule has 0 aliphatic carbocycles. The summed E-state index contributed by atoms with van der Waals surface area (Å²) < 4.78 is 39.4. The standard InChI is InChI=1S/C7H2F3IN2O4/c8-7(9,10)17-4-1-5(11)12-3(2-14)6(4)13(15)16/h1-2H. The third-order valence-electron chi connectivity index (χ3n) is 1.47. The molecule has 0 N–H and O–H groups in total. The Morgan fingerprint density at radius 1 is 1.53 bits per heavy atom. The minimum absolute atomic E-state index is 0.0104. The number of halogens is 4. The van der Waals surface area contributed by atoms with Gasteiger partial charge < -0.3 is 4.74 Å². The topological polar surface area (TPSA) is 82.3 Å². The van der Waals surface area contributed by atoms with Crippen LogP contribution in [0.15, 0.2) is 6.07 Å². The highest BCUT2D eigenvalue weighted by Crippen LogP contribution is 2.34. The molecule has 1 aromatic heterocycles. The quantitative estimate of drug-likeness (QED) is 0.271. The highest BCUT2D eigenvalue weighted by atomic mass is 127. The van der Waals surface area contributed by atoms with Crippen molar-refractivity contribution in [2.24, 2.45) is 0 Å². The second-order valence-electron chi connectivity index (χ2n) is 2.60. The molecule has 0 fully saturated rings. The Morgan fingerprint density at radius 2 is 2.12 bits per heavy atom. The number of rotatable bonds is 3. The summed E-state index contributed by atoms with van der Waals surface area (Å²) in [5.41, 5.74) is -1.83. The Labute approximate surface area is 105 Å². The number of ether oxygens (including phenoxy) is 1. The second kappa shape index (κ2) is 4.81. The number of carbonyl (C=O) groups excluding carboxylic acids is 1. The molecule has 0 amide bonds. The third kappa shape index (κ3) is 3.51. The first kappa shape index (κ1) is 13.6. The Bertz CT molecular complexity index is 477. The Kier molecular flexibility index (Phi) is 3.85. The minimum atomic E-state index is -5.09. The van der Waals surface area contributed by atoms with Crippen molar-refractivity contribution < 1.29 is 27.6 Å². The van der Waals surface area contributed by atoms with Gasteiger partial charge in [0.25, 0.3) is 0 Å². The number of hydrogen-bond donors (Lipinski definition) is 0. The highest BCUT2D eigenvalue weighted by Gasteiger charge is 2.36. The van der Waals surface area contributed by atoms with Gasteiger partial charge in [0.1, 0.15) is 3.70 Å². The zero-order chi connectivity index (χ0) is 13.2. The average Bonchev–Trinajstić information content (AvgIpc) is 2.12. The van der Waals surface area contributed by atoms with E-state index in [1.54, 1.807) is 0 Å². The molecule has 0 unspecified atom stereocenters. The van der Waals surface area contributed by atoms with Crippen LogP contribution in [0.2, 0.25) is 0 Å². The van der Waals surface area contributed by atoms with E-state index in [9.17, 15) is 28.1 Å². The lowest BCUT2D eigenvalue weighted by Gasteiger charge is -2.09. The van der Waals surface area contributed by atoms with Crippen molar-refractivity contribution in [1.29, 1.82) is 0 Å². The summed E-state index contributed by atoms with van der Waals surface area (Å²) in [7, 11) is 0. The van der Waals surface area contributed by atoms with Gasteiger partial charge in [0.15, 0.2) is 12.0 Å². The van der Waals surface area contributed by atoms with Crippen molar-refractivity contribution >= 4 is 34.6 Å². The van der Waals surface area contributed by atoms with Crippen LogP contribution in [0.5, 0.6) is 5.75 Å². The predicted molar refractivity (Wildman–Crippen MR) is 55.7 cm³/mol. The fourth-order valence-corrected chi connectivity index (χ4v) is 1.51. The van der Waals surface area contributed by atoms with Crippen molar-refractivity contribution in [2.45, 2.75) is 6.36 Å². The van der Waals surface area contributed by atoms with Gasteiger partial charge in [-0.15, -0.1) is 13.2 Å². The monoisotopic (exact) mass is 362 g/mol. The van der Waals surface area contributed by atoms with E-state index in [1.807, 2.05) is 0 Å². The number of nitrogens with zero attached hydrogens (tertiary/aromatic N) is 2. The van der Waals surface area contributed by atoms with E-state index in [0.717, 1.165) is 6.07 Å². The number of nitro groups is 1. The first-order valence-electron chi connectivity index (χ1n) is 3.80. The maximum Gasteiger partial charge on any atom is 0.573 e. The maximum absolute atomic E-state index is 12.0. The Balaban J connectivity index is 3.41. The third-order valence-corrected chi connectivity index (χ3v) is 2.03. The number of alkyl halides is 3. The van der Waals surface area contributed by atoms with Crippen molar-refractivity contribution in [3.8, 4) is 5.75 Å². The van der Waals surface area contributed by atoms with Crippen molar-refractivity contribution in [3.05, 3.63) is 25.6 Å². The molecule has 1 heterocycles. The molecule has 10 heteroatoms. The molecule has 0 spiro atoms. The average molecular weight is 362 g/mol. The summed E-state index contributed by atoms with van der Waals surface area (Å²) in [5.74, 6) is -1.07. The van der Waals surface area contributed by atoms with Gasteiger partial charge in [0.2, 0.25) is 5.75 Å². The van der Waals surface area contributed by atoms with Crippen LogP contribution in [-0.2, 0) is 0 Å². The summed E-state index contributed by atoms with van der Waals surface area (Å²) in [4.78, 5) is 23.3. The van der Waals surface area contributed by atoms with E-state index in [4.69, 9.17) is 0 Å². The van der Waals surface area contributed by atoms with Crippen molar-refractivity contribution in [1.82, 2.24) is 4.98 Å². The number of pyridine rings is 1. The van der Waals surface area contributed by atoms with Gasteiger partial charge in [0, 0.05) is 6.07 Å².